The number of aliphatic hydroxyl groups is 1. The van der Waals surface area contributed by atoms with Crippen LogP contribution < -0.4 is 10.6 Å². The number of piperidine rings is 1. The summed E-state index contributed by atoms with van der Waals surface area (Å²) in [6.07, 6.45) is 0.594. The number of anilines is 1. The Morgan fingerprint density at radius 1 is 1.47 bits per heavy atom. The fourth-order valence-corrected chi connectivity index (χ4v) is 2.55. The van der Waals surface area contributed by atoms with Gasteiger partial charge in [0.1, 0.15) is 0 Å². The van der Waals surface area contributed by atoms with Gasteiger partial charge in [-0.3, -0.25) is 0 Å². The number of benzene rings is 1. The van der Waals surface area contributed by atoms with Crippen molar-refractivity contribution in [2.75, 3.05) is 18.0 Å². The third kappa shape index (κ3) is 2.81. The van der Waals surface area contributed by atoms with Gasteiger partial charge < -0.3 is 20.9 Å². The molecular formula is C14H21N3O2. The summed E-state index contributed by atoms with van der Waals surface area (Å²) in [5, 5.41) is 21.5. The van der Waals surface area contributed by atoms with E-state index in [1.165, 1.54) is 0 Å². The van der Waals surface area contributed by atoms with Gasteiger partial charge in [-0.2, -0.15) is 0 Å². The van der Waals surface area contributed by atoms with E-state index in [4.69, 9.17) is 10.9 Å². The second-order valence-electron chi connectivity index (χ2n) is 5.26. The van der Waals surface area contributed by atoms with Crippen LogP contribution in [-0.2, 0) is 0 Å². The summed E-state index contributed by atoms with van der Waals surface area (Å²) >= 11 is 0. The highest BCUT2D eigenvalue weighted by Gasteiger charge is 2.24. The summed E-state index contributed by atoms with van der Waals surface area (Å²) in [4.78, 5) is 2.26. The Morgan fingerprint density at radius 3 is 2.79 bits per heavy atom. The maximum absolute atomic E-state index is 9.76. The lowest BCUT2D eigenvalue weighted by Gasteiger charge is -2.36. The Morgan fingerprint density at radius 2 is 2.21 bits per heavy atom. The minimum Gasteiger partial charge on any atom is -0.409 e. The topological polar surface area (TPSA) is 82.1 Å². The summed E-state index contributed by atoms with van der Waals surface area (Å²) in [5.41, 5.74) is 8.46. The second kappa shape index (κ2) is 5.48. The predicted molar refractivity (Wildman–Crippen MR) is 75.7 cm³/mol. The number of hydrogen-bond donors (Lipinski definition) is 3. The summed E-state index contributed by atoms with van der Waals surface area (Å²) in [7, 11) is 0. The molecule has 0 aliphatic carbocycles. The van der Waals surface area contributed by atoms with Crippen LogP contribution in [0.5, 0.6) is 0 Å². The average Bonchev–Trinajstić information content (AvgIpc) is 2.41. The molecule has 19 heavy (non-hydrogen) atoms. The minimum absolute atomic E-state index is 0.131. The highest BCUT2D eigenvalue weighted by Crippen LogP contribution is 2.25. The molecule has 1 aromatic rings. The lowest BCUT2D eigenvalue weighted by molar-refractivity contribution is 0.0971. The number of oxime groups is 1. The van der Waals surface area contributed by atoms with E-state index in [2.05, 4.69) is 17.0 Å². The van der Waals surface area contributed by atoms with Crippen LogP contribution in [0.2, 0.25) is 0 Å². The Hall–Kier alpha value is -1.75. The fraction of sp³-hybridized carbons (Fsp3) is 0.500. The zero-order valence-electron chi connectivity index (χ0n) is 11.4. The van der Waals surface area contributed by atoms with Crippen LogP contribution in [0.4, 0.5) is 5.69 Å². The molecule has 0 spiro atoms. The van der Waals surface area contributed by atoms with Crippen LogP contribution in [0.15, 0.2) is 23.4 Å². The standard InChI is InChI=1S/C14H21N3O2/c1-9-7-11(3-4-12(9)14(15)16-19)17-6-5-13(18)10(2)8-17/h3-4,7,10,13,18-19H,5-6,8H2,1-2H3,(H2,15,16). The largest absolute Gasteiger partial charge is 0.409 e. The molecule has 4 N–H and O–H groups in total. The third-order valence-electron chi connectivity index (χ3n) is 3.82. The SMILES string of the molecule is Cc1cc(N2CCC(O)C(C)C2)ccc1/C(N)=N/O. The number of aryl methyl sites for hydroxylation is 1. The van der Waals surface area contributed by atoms with Gasteiger partial charge in [0.05, 0.1) is 6.10 Å². The molecule has 0 amide bonds. The average molecular weight is 263 g/mol. The van der Waals surface area contributed by atoms with Gasteiger partial charge in [0.25, 0.3) is 0 Å². The smallest absolute Gasteiger partial charge is 0.170 e. The lowest BCUT2D eigenvalue weighted by Crippen LogP contribution is -2.42. The van der Waals surface area contributed by atoms with E-state index in [-0.39, 0.29) is 17.9 Å². The van der Waals surface area contributed by atoms with Crippen molar-refractivity contribution in [1.82, 2.24) is 0 Å². The molecular weight excluding hydrogens is 242 g/mol. The van der Waals surface area contributed by atoms with Crippen molar-refractivity contribution in [3.05, 3.63) is 29.3 Å². The van der Waals surface area contributed by atoms with Gasteiger partial charge in [0, 0.05) is 24.3 Å². The molecule has 1 aromatic carbocycles. The molecule has 1 heterocycles. The first-order valence-electron chi connectivity index (χ1n) is 6.54. The number of amidine groups is 1. The molecule has 1 saturated heterocycles. The molecule has 1 fully saturated rings. The lowest BCUT2D eigenvalue weighted by atomic mass is 9.96. The molecule has 1 aliphatic heterocycles. The van der Waals surface area contributed by atoms with E-state index in [1.54, 1.807) is 0 Å². The number of hydrogen-bond acceptors (Lipinski definition) is 4. The van der Waals surface area contributed by atoms with Crippen LogP contribution in [0, 0.1) is 12.8 Å². The molecule has 104 valence electrons. The van der Waals surface area contributed by atoms with Gasteiger partial charge in [-0.25, -0.2) is 0 Å². The molecule has 2 rings (SSSR count). The van der Waals surface area contributed by atoms with E-state index in [0.717, 1.165) is 36.3 Å². The highest BCUT2D eigenvalue weighted by molar-refractivity contribution is 5.98. The molecule has 0 aromatic heterocycles. The normalized spacial score (nSPS) is 24.6. The van der Waals surface area contributed by atoms with Crippen LogP contribution in [0.25, 0.3) is 0 Å². The van der Waals surface area contributed by atoms with Crippen LogP contribution in [-0.4, -0.2) is 35.3 Å². The Labute approximate surface area is 113 Å². The van der Waals surface area contributed by atoms with Crippen molar-refractivity contribution in [3.8, 4) is 0 Å². The highest BCUT2D eigenvalue weighted by atomic mass is 16.4. The van der Waals surface area contributed by atoms with E-state index < -0.39 is 0 Å². The molecule has 1 aliphatic rings. The van der Waals surface area contributed by atoms with E-state index in [0.29, 0.717) is 0 Å². The minimum atomic E-state index is -0.200. The number of nitrogens with zero attached hydrogens (tertiary/aromatic N) is 2. The Balaban J connectivity index is 2.21. The van der Waals surface area contributed by atoms with Crippen molar-refractivity contribution >= 4 is 11.5 Å². The molecule has 0 bridgehead atoms. The third-order valence-corrected chi connectivity index (χ3v) is 3.82. The summed E-state index contributed by atoms with van der Waals surface area (Å²) in [5.74, 6) is 0.407. The summed E-state index contributed by atoms with van der Waals surface area (Å²) < 4.78 is 0. The maximum atomic E-state index is 9.76. The van der Waals surface area contributed by atoms with Crippen molar-refractivity contribution < 1.29 is 10.3 Å². The van der Waals surface area contributed by atoms with E-state index >= 15 is 0 Å². The quantitative estimate of drug-likeness (QED) is 0.325. The van der Waals surface area contributed by atoms with Gasteiger partial charge in [0.2, 0.25) is 0 Å². The number of aliphatic hydroxyl groups excluding tert-OH is 1. The molecule has 5 nitrogen and oxygen atoms in total. The first-order valence-corrected chi connectivity index (χ1v) is 6.54. The van der Waals surface area contributed by atoms with Crippen molar-refractivity contribution in [2.45, 2.75) is 26.4 Å². The van der Waals surface area contributed by atoms with Gasteiger partial charge >= 0.3 is 0 Å². The molecule has 2 atom stereocenters. The van der Waals surface area contributed by atoms with Crippen LogP contribution >= 0.6 is 0 Å². The predicted octanol–water partition coefficient (Wildman–Crippen LogP) is 1.30. The summed E-state index contributed by atoms with van der Waals surface area (Å²) in [6.45, 7) is 5.71. The monoisotopic (exact) mass is 263 g/mol. The van der Waals surface area contributed by atoms with Crippen molar-refractivity contribution in [2.24, 2.45) is 16.8 Å². The van der Waals surface area contributed by atoms with Gasteiger partial charge in [-0.15, -0.1) is 0 Å². The van der Waals surface area contributed by atoms with Crippen molar-refractivity contribution in [1.29, 1.82) is 0 Å². The van der Waals surface area contributed by atoms with Gasteiger partial charge in [-0.05, 0) is 43.0 Å². The van der Waals surface area contributed by atoms with E-state index in [1.807, 2.05) is 25.1 Å². The molecule has 5 heteroatoms. The first-order chi connectivity index (χ1) is 9.02. The number of rotatable bonds is 2. The molecule has 2 unspecified atom stereocenters. The Bertz CT molecular complexity index is 488. The zero-order valence-corrected chi connectivity index (χ0v) is 11.4. The molecule has 0 saturated carbocycles. The molecule has 0 radical (unpaired) electrons. The van der Waals surface area contributed by atoms with E-state index in [9.17, 15) is 5.11 Å². The van der Waals surface area contributed by atoms with Crippen LogP contribution in [0.1, 0.15) is 24.5 Å². The summed E-state index contributed by atoms with van der Waals surface area (Å²) in [6, 6.07) is 5.89. The Kier molecular flexibility index (Phi) is 3.95. The van der Waals surface area contributed by atoms with Crippen molar-refractivity contribution in [3.63, 3.8) is 0 Å². The van der Waals surface area contributed by atoms with Crippen LogP contribution in [0.3, 0.4) is 0 Å². The fourth-order valence-electron chi connectivity index (χ4n) is 2.55. The van der Waals surface area contributed by atoms with Gasteiger partial charge in [-0.1, -0.05) is 12.1 Å². The first kappa shape index (κ1) is 13.7. The second-order valence-corrected chi connectivity index (χ2v) is 5.26. The number of nitrogens with two attached hydrogens (primary N) is 1. The maximum Gasteiger partial charge on any atom is 0.170 e. The van der Waals surface area contributed by atoms with Gasteiger partial charge in [0.15, 0.2) is 5.84 Å². The zero-order chi connectivity index (χ0) is 14.0.